The van der Waals surface area contributed by atoms with Gasteiger partial charge in [-0.1, -0.05) is 29.3 Å². The summed E-state index contributed by atoms with van der Waals surface area (Å²) in [5.74, 6) is 0. The molecule has 1 aromatic carbocycles. The summed E-state index contributed by atoms with van der Waals surface area (Å²) in [6, 6.07) is 5.80. The summed E-state index contributed by atoms with van der Waals surface area (Å²) >= 11 is 12.0. The Morgan fingerprint density at radius 1 is 1.27 bits per heavy atom. The maximum Gasteiger partial charge on any atom is 0.289 e. The summed E-state index contributed by atoms with van der Waals surface area (Å²) in [4.78, 5) is 4.17. The molecule has 0 bridgehead atoms. The first-order valence-corrected chi connectivity index (χ1v) is 5.41. The Labute approximate surface area is 98.1 Å². The van der Waals surface area contributed by atoms with Crippen LogP contribution in [0, 0.1) is 0 Å². The van der Waals surface area contributed by atoms with Crippen LogP contribution in [0.5, 0.6) is 0 Å². The third-order valence-electron chi connectivity index (χ3n) is 1.99. The fourth-order valence-electron chi connectivity index (χ4n) is 1.26. The van der Waals surface area contributed by atoms with E-state index < -0.39 is 0 Å². The number of nitrogens with zero attached hydrogens (tertiary/aromatic N) is 1. The number of rotatable bonds is 1. The van der Waals surface area contributed by atoms with Crippen LogP contribution < -0.4 is 5.32 Å². The minimum absolute atomic E-state index is 0.483. The molecule has 2 rings (SSSR count). The first-order valence-electron chi connectivity index (χ1n) is 4.65. The lowest BCUT2D eigenvalue weighted by Crippen LogP contribution is -2.21. The third-order valence-corrected chi connectivity index (χ3v) is 2.62. The van der Waals surface area contributed by atoms with Gasteiger partial charge in [0.25, 0.3) is 6.02 Å². The SMILES string of the molecule is Clc1cccc(Cl)c1NC1=NCCCO1. The van der Waals surface area contributed by atoms with Gasteiger partial charge in [-0.3, -0.25) is 0 Å². The van der Waals surface area contributed by atoms with E-state index in [9.17, 15) is 0 Å². The van der Waals surface area contributed by atoms with E-state index in [0.29, 0.717) is 28.4 Å². The Bertz CT molecular complexity index is 373. The van der Waals surface area contributed by atoms with Crippen LogP contribution in [-0.4, -0.2) is 19.2 Å². The monoisotopic (exact) mass is 244 g/mol. The normalized spacial score (nSPS) is 15.5. The zero-order valence-corrected chi connectivity index (χ0v) is 9.48. The molecule has 0 aliphatic carbocycles. The Hall–Kier alpha value is -0.930. The van der Waals surface area contributed by atoms with E-state index >= 15 is 0 Å². The van der Waals surface area contributed by atoms with Gasteiger partial charge in [0, 0.05) is 13.0 Å². The maximum atomic E-state index is 5.99. The van der Waals surface area contributed by atoms with E-state index in [2.05, 4.69) is 10.3 Å². The van der Waals surface area contributed by atoms with Crippen molar-refractivity contribution in [3.05, 3.63) is 28.2 Å². The van der Waals surface area contributed by atoms with E-state index in [-0.39, 0.29) is 0 Å². The predicted octanol–water partition coefficient (Wildman–Crippen LogP) is 3.18. The molecule has 3 nitrogen and oxygen atoms in total. The lowest BCUT2D eigenvalue weighted by molar-refractivity contribution is 0.282. The summed E-state index contributed by atoms with van der Waals surface area (Å²) in [7, 11) is 0. The van der Waals surface area contributed by atoms with Crippen LogP contribution >= 0.6 is 23.2 Å². The first kappa shape index (κ1) is 10.6. The van der Waals surface area contributed by atoms with Gasteiger partial charge in [0.2, 0.25) is 0 Å². The molecule has 1 aliphatic heterocycles. The van der Waals surface area contributed by atoms with Crippen LogP contribution in [0.3, 0.4) is 0 Å². The van der Waals surface area contributed by atoms with Crippen molar-refractivity contribution in [2.75, 3.05) is 18.5 Å². The topological polar surface area (TPSA) is 33.6 Å². The van der Waals surface area contributed by atoms with E-state index in [1.807, 2.05) is 0 Å². The van der Waals surface area contributed by atoms with Crippen LogP contribution in [0.4, 0.5) is 5.69 Å². The molecule has 1 aromatic rings. The standard InChI is InChI=1S/C10H10Cl2N2O/c11-7-3-1-4-8(12)9(7)14-10-13-5-2-6-15-10/h1,3-4H,2,5-6H2,(H,13,14). The summed E-state index contributed by atoms with van der Waals surface area (Å²) in [6.45, 7) is 1.44. The van der Waals surface area contributed by atoms with Crippen LogP contribution in [-0.2, 0) is 4.74 Å². The average molecular weight is 245 g/mol. The number of benzene rings is 1. The van der Waals surface area contributed by atoms with Gasteiger partial charge in [0.05, 0.1) is 22.3 Å². The molecule has 0 aromatic heterocycles. The summed E-state index contributed by atoms with van der Waals surface area (Å²) in [5.41, 5.74) is 0.640. The molecule has 15 heavy (non-hydrogen) atoms. The second-order valence-corrected chi connectivity index (χ2v) is 3.92. The van der Waals surface area contributed by atoms with Crippen molar-refractivity contribution in [2.45, 2.75) is 6.42 Å². The zero-order valence-electron chi connectivity index (χ0n) is 7.96. The van der Waals surface area contributed by atoms with Gasteiger partial charge in [0.1, 0.15) is 0 Å². The van der Waals surface area contributed by atoms with E-state index in [4.69, 9.17) is 27.9 Å². The van der Waals surface area contributed by atoms with Gasteiger partial charge in [0.15, 0.2) is 0 Å². The Kier molecular flexibility index (Phi) is 3.34. The van der Waals surface area contributed by atoms with Crippen LogP contribution in [0.15, 0.2) is 23.2 Å². The fraction of sp³-hybridized carbons (Fsp3) is 0.300. The zero-order chi connectivity index (χ0) is 10.7. The molecule has 0 saturated heterocycles. The minimum atomic E-state index is 0.483. The van der Waals surface area contributed by atoms with Gasteiger partial charge in [-0.05, 0) is 12.1 Å². The number of para-hydroxylation sites is 1. The van der Waals surface area contributed by atoms with E-state index in [0.717, 1.165) is 13.0 Å². The second-order valence-electron chi connectivity index (χ2n) is 3.11. The van der Waals surface area contributed by atoms with Crippen molar-refractivity contribution in [3.63, 3.8) is 0 Å². The van der Waals surface area contributed by atoms with Crippen molar-refractivity contribution < 1.29 is 4.74 Å². The maximum absolute atomic E-state index is 5.99. The quantitative estimate of drug-likeness (QED) is 0.824. The molecule has 0 fully saturated rings. The smallest absolute Gasteiger partial charge is 0.289 e. The van der Waals surface area contributed by atoms with Crippen molar-refractivity contribution in [1.29, 1.82) is 0 Å². The molecule has 5 heteroatoms. The molecule has 0 radical (unpaired) electrons. The lowest BCUT2D eigenvalue weighted by Gasteiger charge is -2.16. The Morgan fingerprint density at radius 3 is 2.60 bits per heavy atom. The van der Waals surface area contributed by atoms with Crippen LogP contribution in [0.2, 0.25) is 10.0 Å². The largest absolute Gasteiger partial charge is 0.465 e. The molecule has 80 valence electrons. The molecular weight excluding hydrogens is 235 g/mol. The molecule has 0 saturated carbocycles. The van der Waals surface area contributed by atoms with E-state index in [1.54, 1.807) is 18.2 Å². The van der Waals surface area contributed by atoms with Crippen molar-refractivity contribution >= 4 is 34.9 Å². The summed E-state index contributed by atoms with van der Waals surface area (Å²) in [5, 5.41) is 4.09. The highest BCUT2D eigenvalue weighted by molar-refractivity contribution is 6.39. The molecule has 0 unspecified atom stereocenters. The number of anilines is 1. The van der Waals surface area contributed by atoms with Gasteiger partial charge < -0.3 is 10.1 Å². The predicted molar refractivity (Wildman–Crippen MR) is 63.0 cm³/mol. The number of halogens is 2. The van der Waals surface area contributed by atoms with Crippen molar-refractivity contribution in [2.24, 2.45) is 4.99 Å². The first-order chi connectivity index (χ1) is 7.27. The van der Waals surface area contributed by atoms with Gasteiger partial charge in [-0.2, -0.15) is 0 Å². The number of amidine groups is 1. The van der Waals surface area contributed by atoms with E-state index in [1.165, 1.54) is 0 Å². The molecule has 1 N–H and O–H groups in total. The van der Waals surface area contributed by atoms with Crippen LogP contribution in [0.1, 0.15) is 6.42 Å². The van der Waals surface area contributed by atoms with Crippen molar-refractivity contribution in [1.82, 2.24) is 0 Å². The molecule has 1 aliphatic rings. The third kappa shape index (κ3) is 2.55. The minimum Gasteiger partial charge on any atom is -0.465 e. The lowest BCUT2D eigenvalue weighted by atomic mass is 10.3. The molecule has 1 heterocycles. The highest BCUT2D eigenvalue weighted by Crippen LogP contribution is 2.29. The second kappa shape index (κ2) is 4.73. The summed E-state index contributed by atoms with van der Waals surface area (Å²) in [6.07, 6.45) is 0.946. The fourth-order valence-corrected chi connectivity index (χ4v) is 1.75. The molecule has 0 atom stereocenters. The number of hydrogen-bond acceptors (Lipinski definition) is 3. The average Bonchev–Trinajstić information content (AvgIpc) is 2.25. The molecule has 0 amide bonds. The highest BCUT2D eigenvalue weighted by Gasteiger charge is 2.10. The number of ether oxygens (including phenoxy) is 1. The van der Waals surface area contributed by atoms with Gasteiger partial charge in [-0.15, -0.1) is 0 Å². The highest BCUT2D eigenvalue weighted by atomic mass is 35.5. The Morgan fingerprint density at radius 2 is 2.00 bits per heavy atom. The molecule has 0 spiro atoms. The number of nitrogens with one attached hydrogen (secondary N) is 1. The van der Waals surface area contributed by atoms with Gasteiger partial charge in [-0.25, -0.2) is 4.99 Å². The number of aliphatic imine (C=N–C) groups is 1. The summed E-state index contributed by atoms with van der Waals surface area (Å²) < 4.78 is 5.31. The Balaban J connectivity index is 2.19. The van der Waals surface area contributed by atoms with Crippen LogP contribution in [0.25, 0.3) is 0 Å². The molecular formula is C10H10Cl2N2O. The van der Waals surface area contributed by atoms with Crippen molar-refractivity contribution in [3.8, 4) is 0 Å². The number of hydrogen-bond donors (Lipinski definition) is 1. The van der Waals surface area contributed by atoms with Gasteiger partial charge >= 0.3 is 0 Å².